The van der Waals surface area contributed by atoms with Crippen LogP contribution in [-0.2, 0) is 18.4 Å². The lowest BCUT2D eigenvalue weighted by Crippen LogP contribution is -2.46. The van der Waals surface area contributed by atoms with E-state index in [2.05, 4.69) is 52.4 Å². The fraction of sp³-hybridized carbons (Fsp3) is 0.400. The standard InChI is InChI=1S/C20H23N5O/c1-2-16-17-19(24-23-16)26-18(22)15(12-21)20(17)8-10-25(11-9-20)13-14-6-4-3-5-7-14/h3-7H,2,8-11,13,22H2,1H3,(H,23,24). The minimum Gasteiger partial charge on any atom is -0.420 e. The Hall–Kier alpha value is -2.78. The largest absolute Gasteiger partial charge is 0.420 e. The number of H-pyrrole nitrogens is 1. The maximum absolute atomic E-state index is 9.79. The lowest BCUT2D eigenvalue weighted by Gasteiger charge is -2.43. The van der Waals surface area contributed by atoms with Gasteiger partial charge in [-0.3, -0.25) is 10.00 Å². The summed E-state index contributed by atoms with van der Waals surface area (Å²) < 4.78 is 5.65. The van der Waals surface area contributed by atoms with Crippen molar-refractivity contribution in [2.24, 2.45) is 5.73 Å². The van der Waals surface area contributed by atoms with Crippen molar-refractivity contribution in [2.75, 3.05) is 13.1 Å². The molecular formula is C20H23N5O. The number of aromatic amines is 1. The molecule has 2 aliphatic rings. The SMILES string of the molecule is CCc1[nH]nc2c1C1(CCN(Cc3ccccc3)CC1)C(C#N)=C(N)O2. The average Bonchev–Trinajstić information content (AvgIpc) is 3.08. The number of aryl methyl sites for hydroxylation is 1. The summed E-state index contributed by atoms with van der Waals surface area (Å²) in [7, 11) is 0. The molecular weight excluding hydrogens is 326 g/mol. The highest BCUT2D eigenvalue weighted by Crippen LogP contribution is 2.50. The molecule has 1 aromatic heterocycles. The maximum Gasteiger partial charge on any atom is 0.244 e. The van der Waals surface area contributed by atoms with Crippen LogP contribution in [0, 0.1) is 11.3 Å². The Kier molecular flexibility index (Phi) is 4.17. The molecule has 0 bridgehead atoms. The van der Waals surface area contributed by atoms with E-state index in [9.17, 15) is 5.26 Å². The first-order chi connectivity index (χ1) is 12.7. The molecule has 2 aromatic rings. The number of hydrogen-bond acceptors (Lipinski definition) is 5. The minimum absolute atomic E-state index is 0.200. The number of rotatable bonds is 3. The van der Waals surface area contributed by atoms with Crippen LogP contribution in [0.2, 0.25) is 0 Å². The quantitative estimate of drug-likeness (QED) is 0.889. The molecule has 3 N–H and O–H groups in total. The van der Waals surface area contributed by atoms with Gasteiger partial charge in [0, 0.05) is 23.2 Å². The first-order valence-electron chi connectivity index (χ1n) is 9.10. The van der Waals surface area contributed by atoms with Crippen LogP contribution < -0.4 is 10.5 Å². The number of piperidine rings is 1. The normalized spacial score (nSPS) is 19.1. The van der Waals surface area contributed by atoms with Crippen molar-refractivity contribution in [1.29, 1.82) is 5.26 Å². The van der Waals surface area contributed by atoms with Gasteiger partial charge in [-0.2, -0.15) is 5.26 Å². The van der Waals surface area contributed by atoms with Crippen molar-refractivity contribution in [2.45, 2.75) is 38.1 Å². The highest BCUT2D eigenvalue weighted by atomic mass is 16.5. The van der Waals surface area contributed by atoms with Gasteiger partial charge in [-0.15, -0.1) is 5.10 Å². The van der Waals surface area contributed by atoms with Gasteiger partial charge in [0.15, 0.2) is 0 Å². The van der Waals surface area contributed by atoms with Gasteiger partial charge in [-0.1, -0.05) is 37.3 Å². The molecule has 2 aliphatic heterocycles. The Morgan fingerprint density at radius 3 is 2.69 bits per heavy atom. The first-order valence-corrected chi connectivity index (χ1v) is 9.10. The molecule has 134 valence electrons. The molecule has 4 rings (SSSR count). The Morgan fingerprint density at radius 1 is 1.31 bits per heavy atom. The fourth-order valence-corrected chi connectivity index (χ4v) is 4.29. The zero-order chi connectivity index (χ0) is 18.1. The van der Waals surface area contributed by atoms with E-state index in [4.69, 9.17) is 10.5 Å². The minimum atomic E-state index is -0.391. The van der Waals surface area contributed by atoms with Gasteiger partial charge in [-0.25, -0.2) is 0 Å². The van der Waals surface area contributed by atoms with Crippen LogP contribution in [0.1, 0.15) is 36.6 Å². The molecule has 3 heterocycles. The van der Waals surface area contributed by atoms with Gasteiger partial charge in [0.05, 0.1) is 0 Å². The fourth-order valence-electron chi connectivity index (χ4n) is 4.29. The van der Waals surface area contributed by atoms with Gasteiger partial charge < -0.3 is 10.5 Å². The second-order valence-corrected chi connectivity index (χ2v) is 7.03. The Morgan fingerprint density at radius 2 is 2.04 bits per heavy atom. The summed E-state index contributed by atoms with van der Waals surface area (Å²) in [6, 6.07) is 12.8. The van der Waals surface area contributed by atoms with Crippen molar-refractivity contribution in [3.8, 4) is 11.9 Å². The van der Waals surface area contributed by atoms with Crippen molar-refractivity contribution in [3.63, 3.8) is 0 Å². The number of nitrogens with one attached hydrogen (secondary N) is 1. The molecule has 6 heteroatoms. The monoisotopic (exact) mass is 349 g/mol. The third-order valence-electron chi connectivity index (χ3n) is 5.64. The van der Waals surface area contributed by atoms with Crippen molar-refractivity contribution in [1.82, 2.24) is 15.1 Å². The zero-order valence-electron chi connectivity index (χ0n) is 15.0. The van der Waals surface area contributed by atoms with Crippen LogP contribution in [0.25, 0.3) is 0 Å². The Labute approximate surface area is 153 Å². The van der Waals surface area contributed by atoms with E-state index in [0.717, 1.165) is 50.2 Å². The van der Waals surface area contributed by atoms with E-state index in [0.29, 0.717) is 11.5 Å². The predicted molar refractivity (Wildman–Crippen MR) is 98.1 cm³/mol. The van der Waals surface area contributed by atoms with Gasteiger partial charge >= 0.3 is 0 Å². The molecule has 1 aromatic carbocycles. The van der Waals surface area contributed by atoms with E-state index >= 15 is 0 Å². The topological polar surface area (TPSA) is 91.0 Å². The highest BCUT2D eigenvalue weighted by Gasteiger charge is 2.48. The smallest absolute Gasteiger partial charge is 0.244 e. The number of likely N-dealkylation sites (tertiary alicyclic amines) is 1. The predicted octanol–water partition coefficient (Wildman–Crippen LogP) is 2.59. The third-order valence-corrected chi connectivity index (χ3v) is 5.64. The number of aromatic nitrogens is 2. The molecule has 0 aliphatic carbocycles. The van der Waals surface area contributed by atoms with Crippen LogP contribution in [-0.4, -0.2) is 28.2 Å². The van der Waals surface area contributed by atoms with E-state index in [-0.39, 0.29) is 5.88 Å². The number of allylic oxidation sites excluding steroid dienone is 1. The van der Waals surface area contributed by atoms with Crippen molar-refractivity contribution >= 4 is 0 Å². The highest BCUT2D eigenvalue weighted by molar-refractivity contribution is 5.54. The molecule has 0 unspecified atom stereocenters. The molecule has 6 nitrogen and oxygen atoms in total. The Bertz CT molecular complexity index is 869. The number of benzene rings is 1. The number of nitriles is 1. The van der Waals surface area contributed by atoms with Gasteiger partial charge in [0.1, 0.15) is 11.6 Å². The van der Waals surface area contributed by atoms with Gasteiger partial charge in [0.25, 0.3) is 0 Å². The number of hydrogen-bond donors (Lipinski definition) is 2. The molecule has 0 saturated carbocycles. The number of nitrogens with two attached hydrogens (primary N) is 1. The van der Waals surface area contributed by atoms with E-state index in [1.165, 1.54) is 5.56 Å². The van der Waals surface area contributed by atoms with Crippen LogP contribution in [0.3, 0.4) is 0 Å². The summed E-state index contributed by atoms with van der Waals surface area (Å²) in [5, 5.41) is 17.2. The summed E-state index contributed by atoms with van der Waals surface area (Å²) in [6.45, 7) is 4.81. The van der Waals surface area contributed by atoms with Crippen LogP contribution >= 0.6 is 0 Å². The molecule has 0 amide bonds. The lowest BCUT2D eigenvalue weighted by molar-refractivity contribution is 0.162. The van der Waals surface area contributed by atoms with Crippen LogP contribution in [0.4, 0.5) is 0 Å². The van der Waals surface area contributed by atoms with Gasteiger partial charge in [-0.05, 0) is 37.9 Å². The van der Waals surface area contributed by atoms with E-state index < -0.39 is 5.41 Å². The van der Waals surface area contributed by atoms with Crippen molar-refractivity contribution < 1.29 is 4.74 Å². The molecule has 1 saturated heterocycles. The molecule has 0 radical (unpaired) electrons. The average molecular weight is 349 g/mol. The van der Waals surface area contributed by atoms with Crippen LogP contribution in [0.15, 0.2) is 41.8 Å². The summed E-state index contributed by atoms with van der Waals surface area (Å²) in [6.07, 6.45) is 2.50. The molecule has 1 fully saturated rings. The number of fused-ring (bicyclic) bond motifs is 2. The molecule has 26 heavy (non-hydrogen) atoms. The first kappa shape index (κ1) is 16.7. The summed E-state index contributed by atoms with van der Waals surface area (Å²) in [5.74, 6) is 0.737. The second-order valence-electron chi connectivity index (χ2n) is 7.03. The summed E-state index contributed by atoms with van der Waals surface area (Å²) in [5.41, 5.74) is 9.63. The zero-order valence-corrected chi connectivity index (χ0v) is 15.0. The third kappa shape index (κ3) is 2.56. The Balaban J connectivity index is 1.64. The van der Waals surface area contributed by atoms with E-state index in [1.807, 2.05) is 6.07 Å². The lowest BCUT2D eigenvalue weighted by atomic mass is 9.66. The molecule has 1 spiro atoms. The van der Waals surface area contributed by atoms with Gasteiger partial charge in [0.2, 0.25) is 11.8 Å². The van der Waals surface area contributed by atoms with Crippen molar-refractivity contribution in [3.05, 3.63) is 58.6 Å². The summed E-state index contributed by atoms with van der Waals surface area (Å²) in [4.78, 5) is 2.44. The summed E-state index contributed by atoms with van der Waals surface area (Å²) >= 11 is 0. The molecule has 0 atom stereocenters. The number of nitrogens with zero attached hydrogens (tertiary/aromatic N) is 3. The second kappa shape index (κ2) is 6.50. The van der Waals surface area contributed by atoms with E-state index in [1.54, 1.807) is 0 Å². The maximum atomic E-state index is 9.79. The van der Waals surface area contributed by atoms with Crippen LogP contribution in [0.5, 0.6) is 5.88 Å². The number of ether oxygens (including phenoxy) is 1.